The fourth-order valence-electron chi connectivity index (χ4n) is 3.25. The number of nitrogens with two attached hydrogens (primary N) is 2. The monoisotopic (exact) mass is 359 g/mol. The molecule has 0 spiro atoms. The fraction of sp³-hybridized carbons (Fsp3) is 0.0500. The minimum absolute atomic E-state index is 0.0372. The topological polar surface area (TPSA) is 120 Å². The Kier molecular flexibility index (Phi) is 3.77. The Balaban J connectivity index is 2.14. The van der Waals surface area contributed by atoms with Crippen LogP contribution >= 0.6 is 0 Å². The zero-order valence-corrected chi connectivity index (χ0v) is 14.5. The number of primary amides is 1. The van der Waals surface area contributed by atoms with Gasteiger partial charge < -0.3 is 16.6 Å². The van der Waals surface area contributed by atoms with Crippen LogP contribution in [0.3, 0.4) is 0 Å². The Bertz CT molecular complexity index is 1160. The highest BCUT2D eigenvalue weighted by Gasteiger charge is 2.24. The van der Waals surface area contributed by atoms with Gasteiger partial charge in [-0.3, -0.25) is 4.79 Å². The van der Waals surface area contributed by atoms with Crippen molar-refractivity contribution in [1.82, 2.24) is 14.8 Å². The first kappa shape index (κ1) is 16.6. The molecule has 27 heavy (non-hydrogen) atoms. The van der Waals surface area contributed by atoms with Crippen LogP contribution in [0.5, 0.6) is 5.75 Å². The summed E-state index contributed by atoms with van der Waals surface area (Å²) in [6.45, 7) is 1.84. The van der Waals surface area contributed by atoms with Crippen LogP contribution in [0.25, 0.3) is 27.8 Å². The third kappa shape index (κ3) is 2.65. The molecule has 1 amide bonds. The molecule has 2 aromatic heterocycles. The molecule has 0 atom stereocenters. The molecule has 0 aliphatic carbocycles. The Morgan fingerprint density at radius 1 is 1.07 bits per heavy atom. The molecular weight excluding hydrogens is 342 g/mol. The third-order valence-corrected chi connectivity index (χ3v) is 4.42. The van der Waals surface area contributed by atoms with Gasteiger partial charge in [0, 0.05) is 5.56 Å². The van der Waals surface area contributed by atoms with E-state index in [1.807, 2.05) is 37.3 Å². The molecule has 0 saturated carbocycles. The number of nitrogen functional groups attached to an aromatic ring is 1. The Morgan fingerprint density at radius 3 is 2.37 bits per heavy atom. The smallest absolute Gasteiger partial charge is 0.253 e. The van der Waals surface area contributed by atoms with Crippen molar-refractivity contribution in [2.24, 2.45) is 5.73 Å². The molecule has 5 N–H and O–H groups in total. The molecule has 0 aliphatic heterocycles. The predicted octanol–water partition coefficient (Wildman–Crippen LogP) is 2.78. The van der Waals surface area contributed by atoms with E-state index in [1.165, 1.54) is 0 Å². The molecule has 0 fully saturated rings. The highest BCUT2D eigenvalue weighted by Crippen LogP contribution is 2.37. The SMILES string of the molecule is Cc1nn(-c2ccccc2)c2nc(N)c(C(N)=O)c(-c3ccc(O)cc3)c12. The normalized spacial score (nSPS) is 11.0. The van der Waals surface area contributed by atoms with Gasteiger partial charge in [0.05, 0.1) is 22.3 Å². The lowest BCUT2D eigenvalue weighted by Gasteiger charge is -2.12. The van der Waals surface area contributed by atoms with Crippen LogP contribution in [-0.4, -0.2) is 25.8 Å². The summed E-state index contributed by atoms with van der Waals surface area (Å²) < 4.78 is 1.69. The summed E-state index contributed by atoms with van der Waals surface area (Å²) in [6.07, 6.45) is 0. The minimum atomic E-state index is -0.670. The largest absolute Gasteiger partial charge is 0.508 e. The quantitative estimate of drug-likeness (QED) is 0.519. The van der Waals surface area contributed by atoms with Crippen molar-refractivity contribution in [3.05, 3.63) is 65.9 Å². The molecule has 0 unspecified atom stereocenters. The van der Waals surface area contributed by atoms with E-state index >= 15 is 0 Å². The van der Waals surface area contributed by atoms with Crippen LogP contribution in [0, 0.1) is 6.92 Å². The van der Waals surface area contributed by atoms with Crippen LogP contribution < -0.4 is 11.5 Å². The van der Waals surface area contributed by atoms with E-state index < -0.39 is 5.91 Å². The van der Waals surface area contributed by atoms with E-state index in [0.717, 1.165) is 5.69 Å². The van der Waals surface area contributed by atoms with Gasteiger partial charge in [0.1, 0.15) is 11.6 Å². The summed E-state index contributed by atoms with van der Waals surface area (Å²) in [5, 5.41) is 14.9. The molecule has 0 aliphatic rings. The van der Waals surface area contributed by atoms with Crippen LogP contribution in [-0.2, 0) is 0 Å². The Labute approximate surface area is 154 Å². The fourth-order valence-corrected chi connectivity index (χ4v) is 3.25. The molecule has 4 rings (SSSR count). The van der Waals surface area contributed by atoms with Gasteiger partial charge in [-0.25, -0.2) is 9.67 Å². The average Bonchev–Trinajstić information content (AvgIpc) is 2.98. The number of fused-ring (bicyclic) bond motifs is 1. The van der Waals surface area contributed by atoms with Crippen molar-refractivity contribution in [1.29, 1.82) is 0 Å². The molecule has 7 nitrogen and oxygen atoms in total. The van der Waals surface area contributed by atoms with E-state index in [1.54, 1.807) is 28.9 Å². The lowest BCUT2D eigenvalue weighted by molar-refractivity contribution is 0.100. The highest BCUT2D eigenvalue weighted by molar-refractivity contribution is 6.12. The number of benzene rings is 2. The molecule has 134 valence electrons. The molecule has 0 radical (unpaired) electrons. The standard InChI is InChI=1S/C20H17N5O2/c1-11-15-16(12-7-9-14(26)10-8-12)17(19(22)27)18(21)23-20(15)25(24-11)13-5-3-2-4-6-13/h2-10,26H,1H3,(H2,21,23)(H2,22,27). The van der Waals surface area contributed by atoms with Crippen LogP contribution in [0.2, 0.25) is 0 Å². The van der Waals surface area contributed by atoms with Gasteiger partial charge in [0.15, 0.2) is 5.65 Å². The number of phenolic OH excluding ortho intramolecular Hbond substituents is 1. The number of carbonyl (C=O) groups is 1. The van der Waals surface area contributed by atoms with Crippen LogP contribution in [0.1, 0.15) is 16.1 Å². The molecule has 0 bridgehead atoms. The number of para-hydroxylation sites is 1. The average molecular weight is 359 g/mol. The number of aromatic nitrogens is 3. The summed E-state index contributed by atoms with van der Waals surface area (Å²) in [6, 6.07) is 16.0. The van der Waals surface area contributed by atoms with E-state index in [0.29, 0.717) is 27.9 Å². The lowest BCUT2D eigenvalue weighted by Crippen LogP contribution is -2.16. The summed E-state index contributed by atoms with van der Waals surface area (Å²) in [7, 11) is 0. The first-order chi connectivity index (χ1) is 13.0. The van der Waals surface area contributed by atoms with Gasteiger partial charge in [0.25, 0.3) is 5.91 Å². The highest BCUT2D eigenvalue weighted by atomic mass is 16.3. The molecule has 2 heterocycles. The number of pyridine rings is 1. The number of rotatable bonds is 3. The van der Waals surface area contributed by atoms with Crippen LogP contribution in [0.15, 0.2) is 54.6 Å². The number of carbonyl (C=O) groups excluding carboxylic acids is 1. The maximum atomic E-state index is 12.1. The Morgan fingerprint density at radius 2 is 1.74 bits per heavy atom. The lowest BCUT2D eigenvalue weighted by atomic mass is 9.96. The zero-order valence-electron chi connectivity index (χ0n) is 14.5. The number of hydrogen-bond acceptors (Lipinski definition) is 5. The first-order valence-corrected chi connectivity index (χ1v) is 8.31. The summed E-state index contributed by atoms with van der Waals surface area (Å²) >= 11 is 0. The van der Waals surface area contributed by atoms with Crippen molar-refractivity contribution in [2.75, 3.05) is 5.73 Å². The van der Waals surface area contributed by atoms with Crippen LogP contribution in [0.4, 0.5) is 5.82 Å². The number of amides is 1. The molecule has 0 saturated heterocycles. The molecule has 7 heteroatoms. The van der Waals surface area contributed by atoms with Crippen molar-refractivity contribution >= 4 is 22.8 Å². The van der Waals surface area contributed by atoms with Gasteiger partial charge in [-0.05, 0) is 36.8 Å². The number of phenols is 1. The number of nitrogens with zero attached hydrogens (tertiary/aromatic N) is 3. The van der Waals surface area contributed by atoms with Gasteiger partial charge in [-0.15, -0.1) is 0 Å². The number of hydrogen-bond donors (Lipinski definition) is 3. The molecule has 4 aromatic rings. The maximum Gasteiger partial charge on any atom is 0.253 e. The van der Waals surface area contributed by atoms with Gasteiger partial charge >= 0.3 is 0 Å². The van der Waals surface area contributed by atoms with Crippen molar-refractivity contribution in [3.8, 4) is 22.6 Å². The predicted molar refractivity (Wildman–Crippen MR) is 104 cm³/mol. The number of aryl methyl sites for hydroxylation is 1. The van der Waals surface area contributed by atoms with E-state index in [-0.39, 0.29) is 17.1 Å². The minimum Gasteiger partial charge on any atom is -0.508 e. The second-order valence-electron chi connectivity index (χ2n) is 6.19. The van der Waals surface area contributed by atoms with Gasteiger partial charge in [-0.1, -0.05) is 30.3 Å². The second-order valence-corrected chi connectivity index (χ2v) is 6.19. The summed E-state index contributed by atoms with van der Waals surface area (Å²) in [4.78, 5) is 16.6. The van der Waals surface area contributed by atoms with E-state index in [4.69, 9.17) is 11.5 Å². The number of aromatic hydroxyl groups is 1. The summed E-state index contributed by atoms with van der Waals surface area (Å²) in [5.74, 6) is -0.513. The van der Waals surface area contributed by atoms with E-state index in [9.17, 15) is 9.90 Å². The number of anilines is 1. The molecule has 2 aromatic carbocycles. The zero-order chi connectivity index (χ0) is 19.1. The van der Waals surface area contributed by atoms with Crippen molar-refractivity contribution in [2.45, 2.75) is 6.92 Å². The summed E-state index contributed by atoms with van der Waals surface area (Å²) in [5.41, 5.74) is 15.2. The van der Waals surface area contributed by atoms with Gasteiger partial charge in [-0.2, -0.15) is 5.10 Å². The van der Waals surface area contributed by atoms with Gasteiger partial charge in [0.2, 0.25) is 0 Å². The van der Waals surface area contributed by atoms with E-state index in [2.05, 4.69) is 10.1 Å². The first-order valence-electron chi connectivity index (χ1n) is 8.31. The Hall–Kier alpha value is -3.87. The maximum absolute atomic E-state index is 12.1. The second kappa shape index (κ2) is 6.14. The van der Waals surface area contributed by atoms with Crippen molar-refractivity contribution < 1.29 is 9.90 Å². The third-order valence-electron chi connectivity index (χ3n) is 4.42. The molecular formula is C20H17N5O2. The van der Waals surface area contributed by atoms with Crippen molar-refractivity contribution in [3.63, 3.8) is 0 Å².